The van der Waals surface area contributed by atoms with Crippen LogP contribution in [0.5, 0.6) is 0 Å². The molecule has 0 amide bonds. The van der Waals surface area contributed by atoms with E-state index in [4.69, 9.17) is 0 Å². The summed E-state index contributed by atoms with van der Waals surface area (Å²) in [5.41, 5.74) is 0. The van der Waals surface area contributed by atoms with Crippen molar-refractivity contribution in [3.8, 4) is 0 Å². The molecule has 0 aliphatic heterocycles. The van der Waals surface area contributed by atoms with Crippen LogP contribution in [0, 0.1) is 59.2 Å². The second-order valence-corrected chi connectivity index (χ2v) is 19.8. The summed E-state index contributed by atoms with van der Waals surface area (Å²) < 4.78 is 0. The Balaban J connectivity index is -0.000000404. The van der Waals surface area contributed by atoms with E-state index < -0.39 is 0 Å². The molecular weight excluding hydrogens is 700 g/mol. The van der Waals surface area contributed by atoms with Gasteiger partial charge in [0.15, 0.2) is 0 Å². The standard InChI is InChI=1S/C24H46P2.C17H34P2.7CH4/c25-15-13-19-1-5-21(6-2-19)17-23-9-11-24(12-10-23)18-22-7-3-20(4-8-22)14-16-26;18-11-9-14-1-5-16(6-2-14)13-17-7-3-15(4-8-17)10-12-19;;;;;;;/h19-24H,1-18,25-26H2;14-17H,1-13,18-19H2;7*1H4. The molecule has 0 aromatic carbocycles. The SMILES string of the molecule is C.C.C.C.C.C.C.PCCC1CCC(CC2CCC(CC3CCC(CCP)CC3)CC2)CC1.PCCC1CCC(CC2CCC(CCP)CC2)CC1. The molecule has 5 rings (SSSR count). The molecule has 0 aromatic rings. The monoisotopic (exact) mass is 809 g/mol. The highest BCUT2D eigenvalue weighted by atomic mass is 31.0. The van der Waals surface area contributed by atoms with Gasteiger partial charge in [-0.1, -0.05) is 180 Å². The van der Waals surface area contributed by atoms with Crippen LogP contribution in [0.25, 0.3) is 0 Å². The van der Waals surface area contributed by atoms with Crippen LogP contribution in [-0.2, 0) is 0 Å². The van der Waals surface area contributed by atoms with E-state index >= 15 is 0 Å². The maximum atomic E-state index is 2.93. The topological polar surface area (TPSA) is 0 Å². The third kappa shape index (κ3) is 23.2. The molecule has 0 heterocycles. The molecule has 5 aliphatic rings. The van der Waals surface area contributed by atoms with Crippen molar-refractivity contribution in [3.05, 3.63) is 0 Å². The zero-order chi connectivity index (χ0) is 31.7. The van der Waals surface area contributed by atoms with Crippen molar-refractivity contribution < 1.29 is 0 Å². The summed E-state index contributed by atoms with van der Waals surface area (Å²) in [6.07, 6.45) is 46.7. The largest absolute Gasteiger partial charge is 0.138 e. The van der Waals surface area contributed by atoms with Gasteiger partial charge in [0.25, 0.3) is 0 Å². The molecule has 5 aliphatic carbocycles. The van der Waals surface area contributed by atoms with Crippen LogP contribution in [-0.4, -0.2) is 24.6 Å². The van der Waals surface area contributed by atoms with Gasteiger partial charge in [-0.15, -0.1) is 37.0 Å². The van der Waals surface area contributed by atoms with Crippen LogP contribution in [0.4, 0.5) is 0 Å². The second-order valence-electron chi connectivity index (χ2n) is 17.5. The molecule has 4 heteroatoms. The van der Waals surface area contributed by atoms with Gasteiger partial charge in [0.2, 0.25) is 0 Å². The van der Waals surface area contributed by atoms with Crippen molar-refractivity contribution in [1.82, 2.24) is 0 Å². The van der Waals surface area contributed by atoms with Crippen LogP contribution >= 0.6 is 37.0 Å². The lowest BCUT2D eigenvalue weighted by Gasteiger charge is -2.36. The van der Waals surface area contributed by atoms with Crippen molar-refractivity contribution in [2.45, 2.75) is 225 Å². The predicted octanol–water partition coefficient (Wildman–Crippen LogP) is 17.7. The lowest BCUT2D eigenvalue weighted by Crippen LogP contribution is -2.23. The summed E-state index contributed by atoms with van der Waals surface area (Å²) in [4.78, 5) is 0. The zero-order valence-electron chi connectivity index (χ0n) is 30.0. The highest BCUT2D eigenvalue weighted by Crippen LogP contribution is 2.43. The Labute approximate surface area is 344 Å². The Bertz CT molecular complexity index is 644. The quantitative estimate of drug-likeness (QED) is 0.153. The van der Waals surface area contributed by atoms with Crippen molar-refractivity contribution in [2.75, 3.05) is 24.6 Å². The second kappa shape index (κ2) is 35.8. The fourth-order valence-corrected chi connectivity index (χ4v) is 13.0. The van der Waals surface area contributed by atoms with Gasteiger partial charge in [-0.2, -0.15) is 0 Å². The minimum absolute atomic E-state index is 0. The molecule has 0 aromatic heterocycles. The van der Waals surface area contributed by atoms with Gasteiger partial charge in [-0.25, -0.2) is 0 Å². The molecule has 4 atom stereocenters. The summed E-state index contributed by atoms with van der Waals surface area (Å²) in [6, 6.07) is 0. The molecule has 0 bridgehead atoms. The van der Waals surface area contributed by atoms with Gasteiger partial charge >= 0.3 is 0 Å². The predicted molar refractivity (Wildman–Crippen MR) is 265 cm³/mol. The maximum Gasteiger partial charge on any atom is -0.0378 e. The highest BCUT2D eigenvalue weighted by Gasteiger charge is 2.30. The normalized spacial score (nSPS) is 32.8. The van der Waals surface area contributed by atoms with Gasteiger partial charge in [-0.05, 0) is 129 Å². The molecule has 5 saturated carbocycles. The number of rotatable bonds is 14. The van der Waals surface area contributed by atoms with Crippen molar-refractivity contribution in [3.63, 3.8) is 0 Å². The van der Waals surface area contributed by atoms with Crippen LogP contribution < -0.4 is 0 Å². The molecule has 320 valence electrons. The lowest BCUT2D eigenvalue weighted by molar-refractivity contribution is 0.163. The van der Waals surface area contributed by atoms with E-state index in [1.54, 1.807) is 96.3 Å². The molecule has 0 spiro atoms. The minimum atomic E-state index is 0. The van der Waals surface area contributed by atoms with Crippen molar-refractivity contribution in [1.29, 1.82) is 0 Å². The highest BCUT2D eigenvalue weighted by molar-refractivity contribution is 7.16. The first-order valence-corrected chi connectivity index (χ1v) is 24.1. The van der Waals surface area contributed by atoms with E-state index in [9.17, 15) is 0 Å². The first kappa shape index (κ1) is 60.4. The average Bonchev–Trinajstić information content (AvgIpc) is 3.07. The fraction of sp³-hybridized carbons (Fsp3) is 1.00. The average molecular weight is 809 g/mol. The zero-order valence-corrected chi connectivity index (χ0v) is 34.6. The Hall–Kier alpha value is 1.72. The van der Waals surface area contributed by atoms with Crippen LogP contribution in [0.1, 0.15) is 225 Å². The minimum Gasteiger partial charge on any atom is -0.138 e. The van der Waals surface area contributed by atoms with Gasteiger partial charge in [-0.3, -0.25) is 0 Å². The molecule has 0 radical (unpaired) electrons. The van der Waals surface area contributed by atoms with Crippen LogP contribution in [0.15, 0.2) is 0 Å². The van der Waals surface area contributed by atoms with Gasteiger partial charge in [0.05, 0.1) is 0 Å². The molecule has 52 heavy (non-hydrogen) atoms. The maximum absolute atomic E-state index is 2.93. The Kier molecular flexibility index (Phi) is 41.6. The molecule has 5 fully saturated rings. The number of hydrogen-bond donors (Lipinski definition) is 0. The van der Waals surface area contributed by atoms with E-state index in [1.165, 1.54) is 102 Å². The Morgan fingerprint density at radius 1 is 0.212 bits per heavy atom. The molecular formula is C48H108P4. The molecule has 0 saturated heterocycles. The summed E-state index contributed by atoms with van der Waals surface area (Å²) in [7, 11) is 11.7. The summed E-state index contributed by atoms with van der Waals surface area (Å²) >= 11 is 0. The molecule has 0 N–H and O–H groups in total. The van der Waals surface area contributed by atoms with Crippen molar-refractivity contribution >= 4 is 37.0 Å². The van der Waals surface area contributed by atoms with E-state index in [1.807, 2.05) is 0 Å². The smallest absolute Gasteiger partial charge is 0.0378 e. The van der Waals surface area contributed by atoms with Crippen LogP contribution in [0.3, 0.4) is 0 Å². The van der Waals surface area contributed by atoms with Crippen molar-refractivity contribution in [2.24, 2.45) is 59.2 Å². The van der Waals surface area contributed by atoms with E-state index in [2.05, 4.69) is 37.0 Å². The van der Waals surface area contributed by atoms with Gasteiger partial charge in [0.1, 0.15) is 0 Å². The molecule has 4 unspecified atom stereocenters. The first-order chi connectivity index (χ1) is 22.1. The third-order valence-corrected chi connectivity index (χ3v) is 15.5. The summed E-state index contributed by atoms with van der Waals surface area (Å²) in [5, 5.41) is 0. The number of hydrogen-bond acceptors (Lipinski definition) is 0. The first-order valence-electron chi connectivity index (χ1n) is 20.9. The van der Waals surface area contributed by atoms with Gasteiger partial charge < -0.3 is 0 Å². The van der Waals surface area contributed by atoms with Crippen LogP contribution in [0.2, 0.25) is 0 Å². The van der Waals surface area contributed by atoms with E-state index in [-0.39, 0.29) is 52.0 Å². The van der Waals surface area contributed by atoms with Gasteiger partial charge in [0, 0.05) is 0 Å². The Morgan fingerprint density at radius 3 is 0.442 bits per heavy atom. The lowest BCUT2D eigenvalue weighted by atomic mass is 9.70. The fourth-order valence-electron chi connectivity index (χ4n) is 11.1. The van der Waals surface area contributed by atoms with E-state index in [0.29, 0.717) is 0 Å². The summed E-state index contributed by atoms with van der Waals surface area (Å²) in [5.74, 6) is 10.8. The Morgan fingerprint density at radius 2 is 0.327 bits per heavy atom. The summed E-state index contributed by atoms with van der Waals surface area (Å²) in [6.45, 7) is 0. The van der Waals surface area contributed by atoms with E-state index in [0.717, 1.165) is 59.2 Å². The molecule has 0 nitrogen and oxygen atoms in total. The third-order valence-electron chi connectivity index (χ3n) is 14.1.